The minimum absolute atomic E-state index is 0.0526. The Morgan fingerprint density at radius 1 is 0.526 bits per heavy atom. The van der Waals surface area contributed by atoms with Crippen LogP contribution in [-0.2, 0) is 19.1 Å². The van der Waals surface area contributed by atoms with Crippen LogP contribution < -0.4 is 28.7 Å². The number of pyridine rings is 2. The number of piperazine rings is 2. The molecule has 4 aromatic carbocycles. The molecular formula is C62H70N6O8S2. The molecule has 4 aromatic heterocycles. The summed E-state index contributed by atoms with van der Waals surface area (Å²) in [6.45, 7) is 11.2. The fourth-order valence-electron chi connectivity index (χ4n) is 11.3. The molecule has 0 atom stereocenters. The lowest BCUT2D eigenvalue weighted by Crippen LogP contribution is -2.46. The van der Waals surface area contributed by atoms with E-state index in [0.29, 0.717) is 44.2 Å². The van der Waals surface area contributed by atoms with Crippen molar-refractivity contribution in [1.82, 2.24) is 19.8 Å². The zero-order valence-corrected chi connectivity index (χ0v) is 46.1. The fourth-order valence-corrected chi connectivity index (χ4v) is 12.9. The number of thiophene rings is 2. The first-order chi connectivity index (χ1) is 38.4. The van der Waals surface area contributed by atoms with Crippen molar-refractivity contribution in [3.05, 3.63) is 120 Å². The average molecular weight is 1090 g/mol. The quantitative estimate of drug-likeness (QED) is 0.0323. The number of esters is 2. The second-order valence-corrected chi connectivity index (χ2v) is 22.7. The van der Waals surface area contributed by atoms with Crippen molar-refractivity contribution in [3.63, 3.8) is 0 Å². The number of rotatable bonds is 24. The predicted octanol–water partition coefficient (Wildman–Crippen LogP) is 12.4. The van der Waals surface area contributed by atoms with Gasteiger partial charge in [-0.25, -0.2) is 9.97 Å². The molecule has 3 fully saturated rings. The van der Waals surface area contributed by atoms with Crippen LogP contribution in [0.3, 0.4) is 0 Å². The van der Waals surface area contributed by atoms with E-state index in [9.17, 15) is 9.59 Å². The van der Waals surface area contributed by atoms with E-state index in [1.807, 2.05) is 48.5 Å². The number of unbranched alkanes of at least 4 members (excludes halogenated alkanes) is 2. The van der Waals surface area contributed by atoms with Gasteiger partial charge in [0, 0.05) is 125 Å². The topological polar surface area (TPSA) is 128 Å². The molecule has 1 saturated carbocycles. The number of carbonyl (C=O) groups excluding carboxylic acids is 2. The molecule has 6 heterocycles. The molecule has 0 N–H and O–H groups in total. The first-order valence-electron chi connectivity index (χ1n) is 27.9. The third kappa shape index (κ3) is 13.4. The van der Waals surface area contributed by atoms with Crippen LogP contribution in [0.15, 0.2) is 120 Å². The van der Waals surface area contributed by atoms with Crippen molar-refractivity contribution in [2.24, 2.45) is 5.41 Å². The second kappa shape index (κ2) is 25.8. The van der Waals surface area contributed by atoms with Gasteiger partial charge in [-0.3, -0.25) is 19.4 Å². The van der Waals surface area contributed by atoms with Crippen LogP contribution in [0.25, 0.3) is 42.0 Å². The summed E-state index contributed by atoms with van der Waals surface area (Å²) in [5.74, 6) is 1.38. The summed E-state index contributed by atoms with van der Waals surface area (Å²) in [5.41, 5.74) is 3.37. The second-order valence-electron chi connectivity index (χ2n) is 20.8. The molecule has 3 aliphatic rings. The molecule has 0 bridgehead atoms. The largest absolute Gasteiger partial charge is 0.494 e. The molecule has 16 heteroatoms. The molecule has 14 nitrogen and oxygen atoms in total. The van der Waals surface area contributed by atoms with Gasteiger partial charge in [-0.15, -0.1) is 22.7 Å². The van der Waals surface area contributed by atoms with E-state index in [1.165, 1.54) is 31.5 Å². The maximum atomic E-state index is 13.7. The standard InChI is InChI=1S/C62H70N6O8S2/c69-60(75-44-73-58-20-16-46-14-18-48(42-52(46)63-58)71-38-6-4-28-65-30-34-67(35-31-65)54-10-8-12-56-50(54)23-40-77-56)22-27-62(25-2-1-3-26-62)61(70)76-45-74-59-21-17-47-15-19-49(43-53(47)64-59)72-39-7-5-29-66-32-36-68(37-33-66)55-11-9-13-57-51(55)24-41-78-57/h8-21,23-24,40-43H,1-7,22,25-39,44-45H2. The van der Waals surface area contributed by atoms with E-state index >= 15 is 0 Å². The molecule has 1 aliphatic carbocycles. The van der Waals surface area contributed by atoms with Crippen LogP contribution in [0.5, 0.6) is 23.3 Å². The number of benzene rings is 4. The normalized spacial score (nSPS) is 16.2. The lowest BCUT2D eigenvalue weighted by atomic mass is 9.71. The number of hydrogen-bond acceptors (Lipinski definition) is 16. The van der Waals surface area contributed by atoms with E-state index in [4.69, 9.17) is 33.4 Å². The maximum Gasteiger partial charge on any atom is 0.314 e. The molecule has 0 spiro atoms. The van der Waals surface area contributed by atoms with Gasteiger partial charge in [0.15, 0.2) is 0 Å². The highest BCUT2D eigenvalue weighted by atomic mass is 32.1. The van der Waals surface area contributed by atoms with E-state index < -0.39 is 11.4 Å². The summed E-state index contributed by atoms with van der Waals surface area (Å²) in [6, 6.07) is 36.9. The summed E-state index contributed by atoms with van der Waals surface area (Å²) in [4.78, 5) is 46.3. The zero-order chi connectivity index (χ0) is 52.9. The Balaban J connectivity index is 0.567. The Kier molecular flexibility index (Phi) is 17.6. The van der Waals surface area contributed by atoms with E-state index in [0.717, 1.165) is 144 Å². The number of anilines is 2. The first kappa shape index (κ1) is 53.3. The average Bonchev–Trinajstić information content (AvgIpc) is 4.18. The molecule has 408 valence electrons. The summed E-state index contributed by atoms with van der Waals surface area (Å²) < 4.78 is 37.9. The van der Waals surface area contributed by atoms with Crippen LogP contribution in [0.2, 0.25) is 0 Å². The molecule has 0 unspecified atom stereocenters. The number of aromatic nitrogens is 2. The number of ether oxygens (including phenoxy) is 6. The summed E-state index contributed by atoms with van der Waals surface area (Å²) in [5, 5.41) is 8.99. The van der Waals surface area contributed by atoms with E-state index in [-0.39, 0.29) is 26.0 Å². The monoisotopic (exact) mass is 1090 g/mol. The lowest BCUT2D eigenvalue weighted by Gasteiger charge is -2.36. The molecule has 2 aliphatic heterocycles. The molecule has 2 saturated heterocycles. The van der Waals surface area contributed by atoms with Crippen LogP contribution in [0.1, 0.15) is 70.6 Å². The van der Waals surface area contributed by atoms with Crippen molar-refractivity contribution >= 4 is 88.0 Å². The van der Waals surface area contributed by atoms with Gasteiger partial charge >= 0.3 is 11.9 Å². The summed E-state index contributed by atoms with van der Waals surface area (Å²) >= 11 is 3.61. The van der Waals surface area contributed by atoms with Gasteiger partial charge in [0.25, 0.3) is 0 Å². The van der Waals surface area contributed by atoms with Gasteiger partial charge in [0.1, 0.15) is 11.5 Å². The fraction of sp³-hybridized carbons (Fsp3) is 0.419. The van der Waals surface area contributed by atoms with Crippen molar-refractivity contribution in [1.29, 1.82) is 0 Å². The number of hydrogen-bond donors (Lipinski definition) is 0. The van der Waals surface area contributed by atoms with Crippen LogP contribution in [0.4, 0.5) is 11.4 Å². The summed E-state index contributed by atoms with van der Waals surface area (Å²) in [6.07, 6.45) is 8.49. The van der Waals surface area contributed by atoms with Gasteiger partial charge in [-0.2, -0.15) is 0 Å². The predicted molar refractivity (Wildman–Crippen MR) is 312 cm³/mol. The summed E-state index contributed by atoms with van der Waals surface area (Å²) in [7, 11) is 0. The van der Waals surface area contributed by atoms with Crippen molar-refractivity contribution in [2.75, 3.05) is 102 Å². The first-order valence-corrected chi connectivity index (χ1v) is 29.7. The SMILES string of the molecule is O=C(CCC1(C(=O)OCOc2ccc3ccc(OCCCCN4CCN(c5cccc6sccc56)CC4)cc3n2)CCCCC1)OCOc1ccc2ccc(OCCCCN3CCN(c4cccc5sccc45)CC3)cc2n1. The van der Waals surface area contributed by atoms with Gasteiger partial charge < -0.3 is 38.2 Å². The third-order valence-corrected chi connectivity index (χ3v) is 17.6. The van der Waals surface area contributed by atoms with Gasteiger partial charge in [0.2, 0.25) is 25.3 Å². The Bertz CT molecular complexity index is 3270. The van der Waals surface area contributed by atoms with Crippen molar-refractivity contribution in [3.8, 4) is 23.3 Å². The Morgan fingerprint density at radius 3 is 1.55 bits per heavy atom. The van der Waals surface area contributed by atoms with Crippen LogP contribution in [0, 0.1) is 5.41 Å². The highest BCUT2D eigenvalue weighted by molar-refractivity contribution is 7.17. The van der Waals surface area contributed by atoms with Gasteiger partial charge in [-0.05, 0) is 142 Å². The van der Waals surface area contributed by atoms with E-state index in [1.54, 1.807) is 34.8 Å². The molecule has 0 amide bonds. The van der Waals surface area contributed by atoms with Crippen LogP contribution >= 0.6 is 22.7 Å². The highest BCUT2D eigenvalue weighted by Crippen LogP contribution is 2.42. The number of nitrogens with zero attached hydrogens (tertiary/aromatic N) is 6. The van der Waals surface area contributed by atoms with Crippen LogP contribution in [-0.4, -0.2) is 124 Å². The Labute approximate surface area is 464 Å². The van der Waals surface area contributed by atoms with E-state index in [2.05, 4.69) is 83.9 Å². The minimum Gasteiger partial charge on any atom is -0.494 e. The molecule has 8 aromatic rings. The molecule has 0 radical (unpaired) electrons. The maximum absolute atomic E-state index is 13.7. The smallest absolute Gasteiger partial charge is 0.314 e. The number of carbonyl (C=O) groups is 2. The van der Waals surface area contributed by atoms with Gasteiger partial charge in [-0.1, -0.05) is 31.4 Å². The van der Waals surface area contributed by atoms with Crippen molar-refractivity contribution < 1.29 is 38.0 Å². The molecule has 11 rings (SSSR count). The molecular weight excluding hydrogens is 1020 g/mol. The third-order valence-electron chi connectivity index (χ3n) is 15.8. The Morgan fingerprint density at radius 2 is 1.03 bits per heavy atom. The highest BCUT2D eigenvalue weighted by Gasteiger charge is 2.41. The van der Waals surface area contributed by atoms with Gasteiger partial charge in [0.05, 0.1) is 29.7 Å². The number of fused-ring (bicyclic) bond motifs is 4. The lowest BCUT2D eigenvalue weighted by molar-refractivity contribution is -0.166. The molecule has 78 heavy (non-hydrogen) atoms. The Hall–Kier alpha value is -6.72. The zero-order valence-electron chi connectivity index (χ0n) is 44.5. The van der Waals surface area contributed by atoms with Crippen molar-refractivity contribution in [2.45, 2.75) is 70.6 Å². The minimum atomic E-state index is -0.796.